The fourth-order valence-electron chi connectivity index (χ4n) is 3.09. The molecule has 3 nitrogen and oxygen atoms in total. The molecule has 3 rings (SSSR count). The van der Waals surface area contributed by atoms with E-state index in [1.807, 2.05) is 0 Å². The summed E-state index contributed by atoms with van der Waals surface area (Å²) in [4.78, 5) is 13.5. The molecular formula is C20H24ClN3S. The maximum absolute atomic E-state index is 6.21. The lowest BCUT2D eigenvalue weighted by Crippen LogP contribution is -2.20. The summed E-state index contributed by atoms with van der Waals surface area (Å²) in [5.41, 5.74) is 5.06. The predicted molar refractivity (Wildman–Crippen MR) is 110 cm³/mol. The van der Waals surface area contributed by atoms with E-state index >= 15 is 0 Å². The first kappa shape index (κ1) is 18.2. The standard InChI is InChI=1S/C20H24ClN3S/c1-6-7-10-24(5)18-17-16(15-9-8-12(2)13(3)11-15)14(4)25-19(17)23-20(21)22-18/h8-9,11H,6-7,10H2,1-5H3. The van der Waals surface area contributed by atoms with Gasteiger partial charge in [0, 0.05) is 24.0 Å². The van der Waals surface area contributed by atoms with Crippen LogP contribution in [0.2, 0.25) is 5.28 Å². The quantitative estimate of drug-likeness (QED) is 0.500. The Bertz CT molecular complexity index is 917. The Labute approximate surface area is 158 Å². The summed E-state index contributed by atoms with van der Waals surface area (Å²) in [7, 11) is 2.09. The number of aryl methyl sites for hydroxylation is 3. The van der Waals surface area contributed by atoms with Crippen molar-refractivity contribution in [1.82, 2.24) is 9.97 Å². The molecule has 25 heavy (non-hydrogen) atoms. The zero-order chi connectivity index (χ0) is 18.1. The van der Waals surface area contributed by atoms with Crippen molar-refractivity contribution >= 4 is 39.0 Å². The Kier molecular flexibility index (Phi) is 5.30. The number of halogens is 1. The largest absolute Gasteiger partial charge is 0.359 e. The van der Waals surface area contributed by atoms with Gasteiger partial charge in [-0.1, -0.05) is 31.5 Å². The maximum Gasteiger partial charge on any atom is 0.225 e. The van der Waals surface area contributed by atoms with Gasteiger partial charge in [-0.3, -0.25) is 0 Å². The molecule has 0 fully saturated rings. The minimum atomic E-state index is 0.318. The molecule has 0 saturated carbocycles. The number of unbranched alkanes of at least 4 members (excludes halogenated alkanes) is 1. The summed E-state index contributed by atoms with van der Waals surface area (Å²) in [5.74, 6) is 0.932. The number of rotatable bonds is 5. The van der Waals surface area contributed by atoms with Gasteiger partial charge in [0.2, 0.25) is 5.28 Å². The summed E-state index contributed by atoms with van der Waals surface area (Å²) in [6.07, 6.45) is 2.28. The van der Waals surface area contributed by atoms with E-state index in [1.165, 1.54) is 27.1 Å². The van der Waals surface area contributed by atoms with Crippen LogP contribution in [0.25, 0.3) is 21.3 Å². The molecule has 0 amide bonds. The minimum Gasteiger partial charge on any atom is -0.359 e. The van der Waals surface area contributed by atoms with Crippen LogP contribution in [0, 0.1) is 20.8 Å². The second-order valence-electron chi connectivity index (χ2n) is 6.60. The van der Waals surface area contributed by atoms with Crippen LogP contribution in [-0.2, 0) is 0 Å². The van der Waals surface area contributed by atoms with E-state index in [2.05, 4.69) is 67.8 Å². The minimum absolute atomic E-state index is 0.318. The van der Waals surface area contributed by atoms with E-state index in [-0.39, 0.29) is 0 Å². The number of benzene rings is 1. The zero-order valence-corrected chi connectivity index (χ0v) is 17.1. The van der Waals surface area contributed by atoms with E-state index in [0.717, 1.165) is 35.4 Å². The number of fused-ring (bicyclic) bond motifs is 1. The molecular weight excluding hydrogens is 350 g/mol. The molecule has 1 aromatic carbocycles. The molecule has 0 spiro atoms. The molecule has 0 aliphatic carbocycles. The normalized spacial score (nSPS) is 11.3. The van der Waals surface area contributed by atoms with Crippen LogP contribution in [0.5, 0.6) is 0 Å². The summed E-state index contributed by atoms with van der Waals surface area (Å²) < 4.78 is 0. The zero-order valence-electron chi connectivity index (χ0n) is 15.5. The van der Waals surface area contributed by atoms with E-state index in [4.69, 9.17) is 11.6 Å². The van der Waals surface area contributed by atoms with E-state index < -0.39 is 0 Å². The third-order valence-electron chi connectivity index (χ3n) is 4.69. The maximum atomic E-state index is 6.21. The summed E-state index contributed by atoms with van der Waals surface area (Å²) in [5, 5.41) is 1.44. The molecule has 0 bridgehead atoms. The molecule has 5 heteroatoms. The van der Waals surface area contributed by atoms with E-state index in [1.54, 1.807) is 11.3 Å². The SMILES string of the molecule is CCCCN(C)c1nc(Cl)nc2sc(C)c(-c3ccc(C)c(C)c3)c12. The van der Waals surface area contributed by atoms with Gasteiger partial charge in [0.15, 0.2) is 0 Å². The van der Waals surface area contributed by atoms with Crippen molar-refractivity contribution in [3.05, 3.63) is 39.5 Å². The first-order valence-corrected chi connectivity index (χ1v) is 9.87. The van der Waals surface area contributed by atoms with Crippen LogP contribution in [-0.4, -0.2) is 23.6 Å². The highest BCUT2D eigenvalue weighted by atomic mass is 35.5. The summed E-state index contributed by atoms with van der Waals surface area (Å²) in [6.45, 7) is 9.61. The molecule has 0 aliphatic rings. The highest BCUT2D eigenvalue weighted by molar-refractivity contribution is 7.19. The number of anilines is 1. The van der Waals surface area contributed by atoms with E-state index in [9.17, 15) is 0 Å². The van der Waals surface area contributed by atoms with Gasteiger partial charge in [0.05, 0.1) is 5.39 Å². The molecule has 2 heterocycles. The van der Waals surface area contributed by atoms with Crippen molar-refractivity contribution in [3.63, 3.8) is 0 Å². The van der Waals surface area contributed by atoms with Gasteiger partial charge in [-0.25, -0.2) is 4.98 Å². The number of aromatic nitrogens is 2. The van der Waals surface area contributed by atoms with Gasteiger partial charge in [-0.2, -0.15) is 4.98 Å². The average molecular weight is 374 g/mol. The molecule has 0 unspecified atom stereocenters. The van der Waals surface area contributed by atoms with Crippen molar-refractivity contribution in [3.8, 4) is 11.1 Å². The van der Waals surface area contributed by atoms with Crippen LogP contribution < -0.4 is 4.90 Å². The van der Waals surface area contributed by atoms with Crippen molar-refractivity contribution < 1.29 is 0 Å². The topological polar surface area (TPSA) is 29.0 Å². The third kappa shape index (κ3) is 3.51. The van der Waals surface area contributed by atoms with Gasteiger partial charge >= 0.3 is 0 Å². The number of nitrogens with zero attached hydrogens (tertiary/aromatic N) is 3. The van der Waals surface area contributed by atoms with Crippen molar-refractivity contribution in [2.24, 2.45) is 0 Å². The van der Waals surface area contributed by atoms with Gasteiger partial charge < -0.3 is 4.90 Å². The van der Waals surface area contributed by atoms with Gasteiger partial charge in [0.1, 0.15) is 10.6 Å². The molecule has 0 aliphatic heterocycles. The molecule has 0 saturated heterocycles. The van der Waals surface area contributed by atoms with Gasteiger partial charge in [-0.05, 0) is 55.5 Å². The van der Waals surface area contributed by atoms with Crippen molar-refractivity contribution in [1.29, 1.82) is 0 Å². The second-order valence-corrected chi connectivity index (χ2v) is 8.15. The molecule has 132 valence electrons. The smallest absolute Gasteiger partial charge is 0.225 e. The number of hydrogen-bond donors (Lipinski definition) is 0. The monoisotopic (exact) mass is 373 g/mol. The third-order valence-corrected chi connectivity index (χ3v) is 5.85. The Morgan fingerprint density at radius 1 is 1.12 bits per heavy atom. The molecule has 0 N–H and O–H groups in total. The first-order chi connectivity index (χ1) is 11.9. The van der Waals surface area contributed by atoms with Crippen LogP contribution in [0.3, 0.4) is 0 Å². The van der Waals surface area contributed by atoms with Crippen molar-refractivity contribution in [2.45, 2.75) is 40.5 Å². The average Bonchev–Trinajstić information content (AvgIpc) is 2.90. The Morgan fingerprint density at radius 3 is 2.56 bits per heavy atom. The van der Waals surface area contributed by atoms with Crippen LogP contribution in [0.4, 0.5) is 5.82 Å². The second kappa shape index (κ2) is 7.30. The lowest BCUT2D eigenvalue weighted by Gasteiger charge is -2.19. The lowest BCUT2D eigenvalue weighted by atomic mass is 9.99. The Hall–Kier alpha value is -1.65. The summed E-state index contributed by atoms with van der Waals surface area (Å²) in [6, 6.07) is 6.64. The fraction of sp³-hybridized carbons (Fsp3) is 0.400. The van der Waals surface area contributed by atoms with E-state index in [0.29, 0.717) is 5.28 Å². The molecule has 0 atom stereocenters. The Morgan fingerprint density at radius 2 is 1.88 bits per heavy atom. The summed E-state index contributed by atoms with van der Waals surface area (Å²) >= 11 is 7.90. The Balaban J connectivity index is 2.24. The molecule has 2 aromatic heterocycles. The van der Waals surface area contributed by atoms with Crippen LogP contribution in [0.15, 0.2) is 18.2 Å². The van der Waals surface area contributed by atoms with Crippen LogP contribution in [0.1, 0.15) is 35.8 Å². The predicted octanol–water partition coefficient (Wildman–Crippen LogP) is 6.17. The van der Waals surface area contributed by atoms with Crippen LogP contribution >= 0.6 is 22.9 Å². The lowest BCUT2D eigenvalue weighted by molar-refractivity contribution is 0.761. The highest BCUT2D eigenvalue weighted by Crippen LogP contribution is 2.42. The molecule has 0 radical (unpaired) electrons. The van der Waals surface area contributed by atoms with Gasteiger partial charge in [0.25, 0.3) is 0 Å². The first-order valence-electron chi connectivity index (χ1n) is 8.67. The van der Waals surface area contributed by atoms with Gasteiger partial charge in [-0.15, -0.1) is 11.3 Å². The van der Waals surface area contributed by atoms with Crippen molar-refractivity contribution in [2.75, 3.05) is 18.5 Å². The number of hydrogen-bond acceptors (Lipinski definition) is 4. The fourth-order valence-corrected chi connectivity index (χ4v) is 4.34. The number of thiophene rings is 1. The molecule has 3 aromatic rings. The highest BCUT2D eigenvalue weighted by Gasteiger charge is 2.20.